The van der Waals surface area contributed by atoms with E-state index in [0.717, 1.165) is 18.3 Å². The molecule has 0 unspecified atom stereocenters. The van der Waals surface area contributed by atoms with Gasteiger partial charge < -0.3 is 4.74 Å². The minimum absolute atomic E-state index is 0.0349. The van der Waals surface area contributed by atoms with E-state index >= 15 is 0 Å². The molecule has 7 nitrogen and oxygen atoms in total. The molecule has 1 aromatic carbocycles. The number of hydrogen-bond donors (Lipinski definition) is 1. The topological polar surface area (TPSA) is 109 Å². The van der Waals surface area contributed by atoms with E-state index in [2.05, 4.69) is 15.2 Å². The van der Waals surface area contributed by atoms with Gasteiger partial charge in [0, 0.05) is 12.3 Å². The molecule has 25 heavy (non-hydrogen) atoms. The van der Waals surface area contributed by atoms with E-state index in [4.69, 9.17) is 10.00 Å². The number of rotatable bonds is 3. The summed E-state index contributed by atoms with van der Waals surface area (Å²) in [7, 11) is -5.56. The van der Waals surface area contributed by atoms with Crippen molar-refractivity contribution in [1.29, 1.82) is 5.26 Å². The van der Waals surface area contributed by atoms with Crippen LogP contribution in [0.5, 0.6) is 11.5 Å². The molecular formula is C14H7F3N4O3S. The number of nitrogens with zero attached hydrogens (tertiary/aromatic N) is 3. The lowest BCUT2D eigenvalue weighted by Crippen LogP contribution is -2.23. The Bertz CT molecular complexity index is 1100. The molecule has 11 heteroatoms. The average Bonchev–Trinajstić information content (AvgIpc) is 3.04. The SMILES string of the molecule is N#Cc1cncc(Oc2ccc(S(=O)(=O)C(F)(F)F)c3[nH]ncc23)c1. The van der Waals surface area contributed by atoms with Crippen LogP contribution in [0.3, 0.4) is 0 Å². The maximum absolute atomic E-state index is 12.8. The molecule has 0 aliphatic heterocycles. The molecule has 2 aromatic heterocycles. The highest BCUT2D eigenvalue weighted by atomic mass is 32.2. The Kier molecular flexibility index (Phi) is 3.84. The highest BCUT2D eigenvalue weighted by Gasteiger charge is 2.48. The minimum Gasteiger partial charge on any atom is -0.455 e. The van der Waals surface area contributed by atoms with Crippen LogP contribution in [0.25, 0.3) is 10.9 Å². The van der Waals surface area contributed by atoms with Gasteiger partial charge in [0.1, 0.15) is 22.5 Å². The summed E-state index contributed by atoms with van der Waals surface area (Å²) in [6.45, 7) is 0. The molecule has 0 atom stereocenters. The molecular weight excluding hydrogens is 361 g/mol. The summed E-state index contributed by atoms with van der Waals surface area (Å²) in [5.74, 6) is 0.217. The normalized spacial score (nSPS) is 12.1. The number of H-pyrrole nitrogens is 1. The first kappa shape index (κ1) is 16.7. The van der Waals surface area contributed by atoms with Crippen LogP contribution in [0.15, 0.2) is 41.7 Å². The fraction of sp³-hybridized carbons (Fsp3) is 0.0714. The third-order valence-electron chi connectivity index (χ3n) is 3.20. The van der Waals surface area contributed by atoms with Crippen LogP contribution >= 0.6 is 0 Å². The predicted octanol–water partition coefficient (Wildman–Crippen LogP) is 2.92. The largest absolute Gasteiger partial charge is 0.501 e. The number of fused-ring (bicyclic) bond motifs is 1. The van der Waals surface area contributed by atoms with Crippen LogP contribution in [0.1, 0.15) is 5.56 Å². The van der Waals surface area contributed by atoms with Gasteiger partial charge in [-0.05, 0) is 12.1 Å². The number of hydrogen-bond acceptors (Lipinski definition) is 6. The van der Waals surface area contributed by atoms with Crippen molar-refractivity contribution in [3.63, 3.8) is 0 Å². The summed E-state index contributed by atoms with van der Waals surface area (Å²) in [6.07, 6.45) is 3.74. The van der Waals surface area contributed by atoms with Crippen molar-refractivity contribution in [1.82, 2.24) is 15.2 Å². The van der Waals surface area contributed by atoms with Gasteiger partial charge in [0.25, 0.3) is 9.84 Å². The van der Waals surface area contributed by atoms with Gasteiger partial charge in [0.2, 0.25) is 0 Å². The van der Waals surface area contributed by atoms with E-state index in [1.165, 1.54) is 18.5 Å². The summed E-state index contributed by atoms with van der Waals surface area (Å²) in [5, 5.41) is 14.7. The molecule has 128 valence electrons. The molecule has 0 radical (unpaired) electrons. The first-order valence-electron chi connectivity index (χ1n) is 6.54. The molecule has 0 spiro atoms. The highest BCUT2D eigenvalue weighted by molar-refractivity contribution is 7.92. The second kappa shape index (κ2) is 5.75. The monoisotopic (exact) mass is 368 g/mol. The van der Waals surface area contributed by atoms with Gasteiger partial charge in [0.05, 0.1) is 28.9 Å². The molecule has 0 aliphatic rings. The Morgan fingerprint density at radius 3 is 2.64 bits per heavy atom. The smallest absolute Gasteiger partial charge is 0.455 e. The van der Waals surface area contributed by atoms with Crippen LogP contribution in [0.2, 0.25) is 0 Å². The van der Waals surface area contributed by atoms with Crippen molar-refractivity contribution in [2.75, 3.05) is 0 Å². The fourth-order valence-corrected chi connectivity index (χ4v) is 3.01. The van der Waals surface area contributed by atoms with Crippen LogP contribution in [0.4, 0.5) is 13.2 Å². The van der Waals surface area contributed by atoms with Gasteiger partial charge in [-0.25, -0.2) is 8.42 Å². The lowest BCUT2D eigenvalue weighted by atomic mass is 10.2. The average molecular weight is 368 g/mol. The molecule has 2 heterocycles. The lowest BCUT2D eigenvalue weighted by Gasteiger charge is -2.11. The van der Waals surface area contributed by atoms with Crippen molar-refractivity contribution in [3.8, 4) is 17.6 Å². The fourth-order valence-electron chi connectivity index (χ4n) is 2.09. The standard InChI is InChI=1S/C14H7F3N4O3S/c15-14(16,17)25(22,23)12-2-1-11(10-7-20-21-13(10)12)24-9-3-8(4-18)5-19-6-9/h1-3,5-7H,(H,20,21). The minimum atomic E-state index is -5.56. The summed E-state index contributed by atoms with van der Waals surface area (Å²) < 4.78 is 67.2. The van der Waals surface area contributed by atoms with E-state index in [1.54, 1.807) is 0 Å². The molecule has 3 aromatic rings. The van der Waals surface area contributed by atoms with Crippen molar-refractivity contribution >= 4 is 20.7 Å². The van der Waals surface area contributed by atoms with Crippen LogP contribution in [0, 0.1) is 11.3 Å². The molecule has 0 saturated heterocycles. The number of pyridine rings is 1. The van der Waals surface area contributed by atoms with Crippen LogP contribution in [-0.2, 0) is 9.84 Å². The Labute approximate surface area is 138 Å². The predicted molar refractivity (Wildman–Crippen MR) is 78.4 cm³/mol. The molecule has 1 N–H and O–H groups in total. The number of sulfone groups is 1. The zero-order valence-corrected chi connectivity index (χ0v) is 12.9. The van der Waals surface area contributed by atoms with Gasteiger partial charge in [0.15, 0.2) is 0 Å². The van der Waals surface area contributed by atoms with Crippen molar-refractivity contribution < 1.29 is 26.3 Å². The number of ether oxygens (including phenoxy) is 1. The van der Waals surface area contributed by atoms with Gasteiger partial charge in [-0.15, -0.1) is 0 Å². The molecule has 0 saturated carbocycles. The van der Waals surface area contributed by atoms with E-state index in [1.807, 2.05) is 6.07 Å². The number of aromatic amines is 1. The molecule has 0 aliphatic carbocycles. The van der Waals surface area contributed by atoms with Gasteiger partial charge in [-0.2, -0.15) is 23.5 Å². The maximum atomic E-state index is 12.8. The van der Waals surface area contributed by atoms with Crippen LogP contribution in [-0.4, -0.2) is 29.1 Å². The van der Waals surface area contributed by atoms with E-state index in [9.17, 15) is 21.6 Å². The van der Waals surface area contributed by atoms with E-state index in [-0.39, 0.29) is 28.0 Å². The van der Waals surface area contributed by atoms with E-state index in [0.29, 0.717) is 0 Å². The zero-order valence-electron chi connectivity index (χ0n) is 12.1. The quantitative estimate of drug-likeness (QED) is 0.761. The number of benzene rings is 1. The Morgan fingerprint density at radius 2 is 1.96 bits per heavy atom. The molecule has 0 fully saturated rings. The lowest BCUT2D eigenvalue weighted by molar-refractivity contribution is -0.0435. The van der Waals surface area contributed by atoms with Crippen molar-refractivity contribution in [2.45, 2.75) is 10.4 Å². The summed E-state index contributed by atoms with van der Waals surface area (Å²) in [5.41, 5.74) is -5.56. The summed E-state index contributed by atoms with van der Waals surface area (Å²) in [6, 6.07) is 5.10. The Hall–Kier alpha value is -3.13. The second-order valence-electron chi connectivity index (χ2n) is 4.79. The van der Waals surface area contributed by atoms with Gasteiger partial charge in [-0.1, -0.05) is 0 Å². The van der Waals surface area contributed by atoms with Gasteiger partial charge >= 0.3 is 5.51 Å². The number of alkyl halides is 3. The number of nitriles is 1. The van der Waals surface area contributed by atoms with Crippen molar-refractivity contribution in [2.24, 2.45) is 0 Å². The zero-order chi connectivity index (χ0) is 18.2. The Morgan fingerprint density at radius 1 is 1.20 bits per heavy atom. The third kappa shape index (κ3) is 2.87. The molecule has 0 amide bonds. The first-order valence-corrected chi connectivity index (χ1v) is 8.03. The Balaban J connectivity index is 2.11. The van der Waals surface area contributed by atoms with Gasteiger partial charge in [-0.3, -0.25) is 10.1 Å². The van der Waals surface area contributed by atoms with Crippen molar-refractivity contribution in [3.05, 3.63) is 42.4 Å². The first-order chi connectivity index (χ1) is 11.7. The number of aromatic nitrogens is 3. The summed E-state index contributed by atoms with van der Waals surface area (Å²) >= 11 is 0. The maximum Gasteiger partial charge on any atom is 0.501 e. The molecule has 0 bridgehead atoms. The summed E-state index contributed by atoms with van der Waals surface area (Å²) in [4.78, 5) is 2.84. The highest BCUT2D eigenvalue weighted by Crippen LogP contribution is 2.37. The molecule has 3 rings (SSSR count). The number of nitrogens with one attached hydrogen (secondary N) is 1. The van der Waals surface area contributed by atoms with Crippen LogP contribution < -0.4 is 4.74 Å². The van der Waals surface area contributed by atoms with E-state index < -0.39 is 20.2 Å². The number of halogens is 3. The third-order valence-corrected chi connectivity index (χ3v) is 4.73. The second-order valence-corrected chi connectivity index (χ2v) is 6.70.